The summed E-state index contributed by atoms with van der Waals surface area (Å²) in [6.45, 7) is 0. The van der Waals surface area contributed by atoms with Gasteiger partial charge in [-0.15, -0.1) is 0 Å². The van der Waals surface area contributed by atoms with Crippen LogP contribution in [0.3, 0.4) is 0 Å². The Hall–Kier alpha value is -2.69. The molecule has 0 saturated carbocycles. The van der Waals surface area contributed by atoms with Crippen molar-refractivity contribution in [3.8, 4) is 0 Å². The third kappa shape index (κ3) is 2.06. The first kappa shape index (κ1) is 11.4. The summed E-state index contributed by atoms with van der Waals surface area (Å²) in [7, 11) is 0. The van der Waals surface area contributed by atoms with Gasteiger partial charge in [0.25, 0.3) is 0 Å². The highest BCUT2D eigenvalue weighted by Crippen LogP contribution is 2.26. The maximum absolute atomic E-state index is 12.0. The minimum Gasteiger partial charge on any atom is -0.419 e. The van der Waals surface area contributed by atoms with E-state index >= 15 is 0 Å². The Morgan fingerprint density at radius 2 is 1.95 bits per heavy atom. The normalized spacial score (nSPS) is 14.1. The zero-order valence-corrected chi connectivity index (χ0v) is 9.88. The SMILES string of the molecule is O=[NH+]c1ccc(C2=CCc3ccccc3C(=O)O2)o1. The molecule has 1 aromatic heterocycles. The molecule has 0 unspecified atom stereocenters. The van der Waals surface area contributed by atoms with Crippen LogP contribution >= 0.6 is 0 Å². The van der Waals surface area contributed by atoms with Gasteiger partial charge in [-0.25, -0.2) is 4.79 Å². The van der Waals surface area contributed by atoms with Gasteiger partial charge >= 0.3 is 11.9 Å². The summed E-state index contributed by atoms with van der Waals surface area (Å²) in [5.41, 5.74) is 1.44. The van der Waals surface area contributed by atoms with Crippen molar-refractivity contribution in [1.29, 1.82) is 0 Å². The fourth-order valence-electron chi connectivity index (χ4n) is 1.97. The van der Waals surface area contributed by atoms with Gasteiger partial charge in [0.15, 0.2) is 11.5 Å². The first-order valence-corrected chi connectivity index (χ1v) is 5.76. The number of rotatable bonds is 2. The number of nitroso groups, excluding NO2 is 1. The molecule has 0 spiro atoms. The van der Waals surface area contributed by atoms with Crippen LogP contribution in [0.25, 0.3) is 5.76 Å². The van der Waals surface area contributed by atoms with E-state index in [1.165, 1.54) is 6.07 Å². The van der Waals surface area contributed by atoms with E-state index in [2.05, 4.69) is 0 Å². The van der Waals surface area contributed by atoms with Crippen LogP contribution in [-0.4, -0.2) is 5.97 Å². The molecule has 1 aromatic carbocycles. The molecule has 0 bridgehead atoms. The van der Waals surface area contributed by atoms with Crippen molar-refractivity contribution in [2.45, 2.75) is 6.42 Å². The van der Waals surface area contributed by atoms with Gasteiger partial charge < -0.3 is 9.15 Å². The smallest absolute Gasteiger partial charge is 0.418 e. The third-order valence-electron chi connectivity index (χ3n) is 2.90. The van der Waals surface area contributed by atoms with Gasteiger partial charge in [0.1, 0.15) is 0 Å². The molecule has 0 saturated heterocycles. The molecule has 3 rings (SSSR count). The number of nitrogens with one attached hydrogen (secondary N) is 1. The molecule has 19 heavy (non-hydrogen) atoms. The lowest BCUT2D eigenvalue weighted by Crippen LogP contribution is -2.55. The van der Waals surface area contributed by atoms with E-state index in [1.807, 2.05) is 12.1 Å². The van der Waals surface area contributed by atoms with Gasteiger partial charge in [0.05, 0.1) is 16.8 Å². The summed E-state index contributed by atoms with van der Waals surface area (Å²) < 4.78 is 10.5. The maximum Gasteiger partial charge on any atom is 0.418 e. The molecule has 1 aliphatic heterocycles. The number of esters is 1. The van der Waals surface area contributed by atoms with Gasteiger partial charge in [-0.2, -0.15) is 0 Å². The Morgan fingerprint density at radius 3 is 2.74 bits per heavy atom. The fraction of sp³-hybridized carbons (Fsp3) is 0.0714. The summed E-state index contributed by atoms with van der Waals surface area (Å²) in [5.74, 6) is 0.322. The number of furan rings is 1. The van der Waals surface area contributed by atoms with Crippen LogP contribution in [0.4, 0.5) is 5.88 Å². The van der Waals surface area contributed by atoms with E-state index in [4.69, 9.17) is 9.15 Å². The van der Waals surface area contributed by atoms with Crippen molar-refractivity contribution >= 4 is 17.6 Å². The summed E-state index contributed by atoms with van der Waals surface area (Å²) in [4.78, 5) is 22.5. The van der Waals surface area contributed by atoms with E-state index in [0.717, 1.165) is 5.56 Å². The highest BCUT2D eigenvalue weighted by molar-refractivity contribution is 5.95. The molecule has 94 valence electrons. The third-order valence-corrected chi connectivity index (χ3v) is 2.90. The predicted octanol–water partition coefficient (Wildman–Crippen LogP) is 1.51. The Labute approximate surface area is 108 Å². The van der Waals surface area contributed by atoms with Crippen molar-refractivity contribution < 1.29 is 19.1 Å². The summed E-state index contributed by atoms with van der Waals surface area (Å²) >= 11 is 0. The first-order chi connectivity index (χ1) is 9.28. The summed E-state index contributed by atoms with van der Waals surface area (Å²) in [5, 5.41) is 1.65. The molecule has 0 radical (unpaired) electrons. The lowest BCUT2D eigenvalue weighted by Gasteiger charge is -2.04. The molecule has 1 aliphatic rings. The van der Waals surface area contributed by atoms with Crippen LogP contribution in [0.2, 0.25) is 0 Å². The van der Waals surface area contributed by atoms with Crippen LogP contribution in [0.1, 0.15) is 21.7 Å². The van der Waals surface area contributed by atoms with Gasteiger partial charge in [-0.05, 0) is 30.2 Å². The zero-order valence-electron chi connectivity index (χ0n) is 9.88. The molecular weight excluding hydrogens is 246 g/mol. The number of cyclic esters (lactones) is 1. The monoisotopic (exact) mass is 256 g/mol. The number of fused-ring (bicyclic) bond motifs is 1. The maximum atomic E-state index is 12.0. The van der Waals surface area contributed by atoms with Gasteiger partial charge in [-0.1, -0.05) is 18.2 Å². The van der Waals surface area contributed by atoms with Crippen LogP contribution in [-0.2, 0) is 11.2 Å². The Balaban J connectivity index is 1.97. The van der Waals surface area contributed by atoms with Crippen LogP contribution in [0.15, 0.2) is 46.9 Å². The molecule has 1 N–H and O–H groups in total. The van der Waals surface area contributed by atoms with Crippen molar-refractivity contribution in [1.82, 2.24) is 0 Å². The Bertz CT molecular complexity index is 684. The molecule has 2 heterocycles. The number of hydrogen-bond acceptors (Lipinski definition) is 4. The van der Waals surface area contributed by atoms with Crippen molar-refractivity contribution in [3.63, 3.8) is 0 Å². The molecule has 2 aromatic rings. The second-order valence-corrected chi connectivity index (χ2v) is 4.09. The summed E-state index contributed by atoms with van der Waals surface area (Å²) in [6.07, 6.45) is 2.33. The van der Waals surface area contributed by atoms with Gasteiger partial charge in [0.2, 0.25) is 0 Å². The average molecular weight is 256 g/mol. The van der Waals surface area contributed by atoms with Crippen LogP contribution in [0, 0.1) is 4.91 Å². The second kappa shape index (κ2) is 4.53. The average Bonchev–Trinajstić information content (AvgIpc) is 2.86. The van der Waals surface area contributed by atoms with E-state index in [0.29, 0.717) is 23.5 Å². The van der Waals surface area contributed by atoms with E-state index < -0.39 is 5.97 Å². The Kier molecular flexibility index (Phi) is 2.72. The number of hydrogen-bond donors (Lipinski definition) is 1. The number of carbonyl (C=O) groups excluding carboxylic acids is 1. The number of carbonyl (C=O) groups is 1. The molecular formula is C14H10NO4+. The lowest BCUT2D eigenvalue weighted by atomic mass is 10.1. The van der Waals surface area contributed by atoms with Gasteiger partial charge in [-0.3, -0.25) is 0 Å². The molecule has 0 aliphatic carbocycles. The van der Waals surface area contributed by atoms with Crippen molar-refractivity contribution in [2.75, 3.05) is 0 Å². The quantitative estimate of drug-likeness (QED) is 0.827. The molecule has 5 heteroatoms. The fourth-order valence-corrected chi connectivity index (χ4v) is 1.97. The summed E-state index contributed by atoms with van der Waals surface area (Å²) in [6, 6.07) is 10.3. The largest absolute Gasteiger partial charge is 0.419 e. The highest BCUT2D eigenvalue weighted by atomic mass is 16.5. The highest BCUT2D eigenvalue weighted by Gasteiger charge is 2.21. The minimum absolute atomic E-state index is 0.0775. The van der Waals surface area contributed by atoms with Gasteiger partial charge in [0, 0.05) is 4.91 Å². The Morgan fingerprint density at radius 1 is 1.11 bits per heavy atom. The molecule has 5 nitrogen and oxygen atoms in total. The van der Waals surface area contributed by atoms with Crippen molar-refractivity contribution in [3.05, 3.63) is 64.3 Å². The standard InChI is InChI=1S/C14H9NO4/c16-14-10-4-2-1-3-9(10)5-6-12(19-14)11-7-8-13(15-17)18-11/h1-4,6-8H,5H2/p+1. The molecule has 0 fully saturated rings. The van der Waals surface area contributed by atoms with Crippen LogP contribution in [0.5, 0.6) is 0 Å². The topological polar surface area (TPSA) is 70.5 Å². The number of allylic oxidation sites excluding steroid dienone is 1. The second-order valence-electron chi connectivity index (χ2n) is 4.09. The van der Waals surface area contributed by atoms with E-state index in [9.17, 15) is 9.70 Å². The zero-order chi connectivity index (χ0) is 13.2. The number of ether oxygens (including phenoxy) is 1. The molecule has 0 amide bonds. The predicted molar refractivity (Wildman–Crippen MR) is 66.2 cm³/mol. The minimum atomic E-state index is -0.424. The molecule has 0 atom stereocenters. The van der Waals surface area contributed by atoms with E-state index in [1.54, 1.807) is 29.5 Å². The lowest BCUT2D eigenvalue weighted by molar-refractivity contribution is -0.398. The van der Waals surface area contributed by atoms with Crippen molar-refractivity contribution in [2.24, 2.45) is 0 Å². The van der Waals surface area contributed by atoms with E-state index in [-0.39, 0.29) is 5.88 Å². The first-order valence-electron chi connectivity index (χ1n) is 5.76. The number of benzene rings is 1. The van der Waals surface area contributed by atoms with Crippen LogP contribution < -0.4 is 5.18 Å².